The third-order valence-corrected chi connectivity index (χ3v) is 4.43. The molecule has 1 heterocycles. The van der Waals surface area contributed by atoms with E-state index in [1.165, 1.54) is 12.1 Å². The van der Waals surface area contributed by atoms with Gasteiger partial charge in [-0.25, -0.2) is 14.2 Å². The third-order valence-electron chi connectivity index (χ3n) is 4.43. The van der Waals surface area contributed by atoms with E-state index in [0.29, 0.717) is 24.5 Å². The number of nitrogens with zero attached hydrogens (tertiary/aromatic N) is 2. The number of hydrogen-bond donors (Lipinski definition) is 2. The molecule has 6 nitrogen and oxygen atoms in total. The lowest BCUT2D eigenvalue weighted by Gasteiger charge is -2.21. The Labute approximate surface area is 163 Å². The number of aromatic nitrogens is 2. The highest BCUT2D eigenvalue weighted by atomic mass is 19.1. The number of methoxy groups -OCH3 is 1. The molecule has 0 aliphatic rings. The zero-order valence-electron chi connectivity index (χ0n) is 15.9. The summed E-state index contributed by atoms with van der Waals surface area (Å²) in [6, 6.07) is 13.0. The molecule has 0 spiro atoms. The number of halogens is 1. The van der Waals surface area contributed by atoms with E-state index < -0.39 is 6.04 Å². The van der Waals surface area contributed by atoms with Gasteiger partial charge in [-0.2, -0.15) is 0 Å². The van der Waals surface area contributed by atoms with Crippen molar-refractivity contribution in [1.82, 2.24) is 20.2 Å². The first-order valence-corrected chi connectivity index (χ1v) is 8.97. The summed E-state index contributed by atoms with van der Waals surface area (Å²) in [6.07, 6.45) is 4.04. The number of nitrogens with one attached hydrogen (secondary N) is 2. The predicted molar refractivity (Wildman–Crippen MR) is 105 cm³/mol. The maximum Gasteiger partial charge on any atom is 0.315 e. The molecular weight excluding hydrogens is 359 g/mol. The quantitative estimate of drug-likeness (QED) is 0.659. The molecule has 0 bridgehead atoms. The number of hydrogen-bond acceptors (Lipinski definition) is 3. The minimum Gasteiger partial charge on any atom is -0.496 e. The van der Waals surface area contributed by atoms with Gasteiger partial charge in [-0.05, 0) is 30.2 Å². The van der Waals surface area contributed by atoms with E-state index in [1.807, 2.05) is 48.1 Å². The van der Waals surface area contributed by atoms with Crippen LogP contribution in [0.3, 0.4) is 0 Å². The van der Waals surface area contributed by atoms with Crippen LogP contribution in [0.5, 0.6) is 5.75 Å². The van der Waals surface area contributed by atoms with Crippen LogP contribution in [0.2, 0.25) is 0 Å². The summed E-state index contributed by atoms with van der Waals surface area (Å²) in [5.41, 5.74) is 1.63. The van der Waals surface area contributed by atoms with Crippen molar-refractivity contribution in [3.63, 3.8) is 0 Å². The molecule has 0 radical (unpaired) electrons. The minimum absolute atomic E-state index is 0.284. The van der Waals surface area contributed by atoms with Crippen molar-refractivity contribution < 1.29 is 13.9 Å². The smallest absolute Gasteiger partial charge is 0.315 e. The Kier molecular flexibility index (Phi) is 6.26. The maximum atomic E-state index is 13.3. The average molecular weight is 382 g/mol. The highest BCUT2D eigenvalue weighted by molar-refractivity contribution is 5.75. The van der Waals surface area contributed by atoms with Crippen molar-refractivity contribution in [2.24, 2.45) is 7.05 Å². The van der Waals surface area contributed by atoms with Crippen LogP contribution >= 0.6 is 0 Å². The number of aryl methyl sites for hydroxylation is 1. The molecule has 2 amide bonds. The highest BCUT2D eigenvalue weighted by Gasteiger charge is 2.23. The average Bonchev–Trinajstić information content (AvgIpc) is 3.12. The summed E-state index contributed by atoms with van der Waals surface area (Å²) >= 11 is 0. The Bertz CT molecular complexity index is 941. The van der Waals surface area contributed by atoms with Gasteiger partial charge in [-0.3, -0.25) is 0 Å². The molecule has 2 N–H and O–H groups in total. The summed E-state index contributed by atoms with van der Waals surface area (Å²) < 4.78 is 20.6. The second-order valence-corrected chi connectivity index (χ2v) is 6.35. The molecule has 0 aliphatic carbocycles. The van der Waals surface area contributed by atoms with Crippen LogP contribution in [-0.2, 0) is 13.5 Å². The van der Waals surface area contributed by atoms with Gasteiger partial charge in [-0.1, -0.05) is 30.3 Å². The van der Waals surface area contributed by atoms with Crippen LogP contribution in [0.1, 0.15) is 23.0 Å². The van der Waals surface area contributed by atoms with Gasteiger partial charge in [0.1, 0.15) is 23.4 Å². The van der Waals surface area contributed by atoms with E-state index in [0.717, 1.165) is 11.1 Å². The molecule has 2 aromatic carbocycles. The first kappa shape index (κ1) is 19.4. The molecule has 1 aromatic heterocycles. The van der Waals surface area contributed by atoms with Gasteiger partial charge in [0.2, 0.25) is 0 Å². The van der Waals surface area contributed by atoms with Crippen molar-refractivity contribution in [2.45, 2.75) is 12.5 Å². The molecule has 0 saturated carbocycles. The van der Waals surface area contributed by atoms with Gasteiger partial charge < -0.3 is 19.9 Å². The first-order valence-electron chi connectivity index (χ1n) is 8.97. The largest absolute Gasteiger partial charge is 0.496 e. The zero-order valence-corrected chi connectivity index (χ0v) is 15.9. The maximum absolute atomic E-state index is 13.3. The van der Waals surface area contributed by atoms with Crippen molar-refractivity contribution in [1.29, 1.82) is 0 Å². The van der Waals surface area contributed by atoms with E-state index in [2.05, 4.69) is 15.6 Å². The molecule has 0 saturated heterocycles. The number of para-hydroxylation sites is 1. The predicted octanol–water partition coefficient (Wildman–Crippen LogP) is 3.20. The normalized spacial score (nSPS) is 11.7. The van der Waals surface area contributed by atoms with Gasteiger partial charge in [-0.15, -0.1) is 0 Å². The molecule has 1 unspecified atom stereocenters. The Balaban J connectivity index is 1.71. The molecular formula is C21H23FN4O2. The van der Waals surface area contributed by atoms with Gasteiger partial charge in [0.25, 0.3) is 0 Å². The molecule has 0 fully saturated rings. The number of urea groups is 1. The molecule has 28 heavy (non-hydrogen) atoms. The van der Waals surface area contributed by atoms with Crippen LogP contribution in [0, 0.1) is 5.82 Å². The summed E-state index contributed by atoms with van der Waals surface area (Å²) in [4.78, 5) is 16.9. The molecule has 3 rings (SSSR count). The minimum atomic E-state index is -0.481. The number of ether oxygens (including phenoxy) is 1. The molecule has 146 valence electrons. The first-order chi connectivity index (χ1) is 13.6. The fraction of sp³-hybridized carbons (Fsp3) is 0.238. The summed E-state index contributed by atoms with van der Waals surface area (Å²) in [6.45, 7) is 0.383. The van der Waals surface area contributed by atoms with Crippen LogP contribution in [-0.4, -0.2) is 29.2 Å². The number of imidazole rings is 1. The number of carbonyl (C=O) groups is 1. The van der Waals surface area contributed by atoms with Crippen LogP contribution < -0.4 is 15.4 Å². The number of rotatable bonds is 7. The van der Waals surface area contributed by atoms with Gasteiger partial charge in [0.15, 0.2) is 0 Å². The number of carbonyl (C=O) groups excluding carboxylic acids is 1. The topological polar surface area (TPSA) is 68.2 Å². The zero-order chi connectivity index (χ0) is 19.9. The van der Waals surface area contributed by atoms with Crippen molar-refractivity contribution in [3.05, 3.63) is 83.7 Å². The van der Waals surface area contributed by atoms with Crippen LogP contribution in [0.4, 0.5) is 9.18 Å². The van der Waals surface area contributed by atoms with Crippen molar-refractivity contribution >= 4 is 6.03 Å². The highest BCUT2D eigenvalue weighted by Crippen LogP contribution is 2.28. The van der Waals surface area contributed by atoms with Crippen molar-refractivity contribution in [2.75, 3.05) is 13.7 Å². The Morgan fingerprint density at radius 3 is 2.79 bits per heavy atom. The fourth-order valence-electron chi connectivity index (χ4n) is 3.04. The van der Waals surface area contributed by atoms with Crippen LogP contribution in [0.25, 0.3) is 0 Å². The second kappa shape index (κ2) is 9.03. The third kappa shape index (κ3) is 4.68. The lowest BCUT2D eigenvalue weighted by molar-refractivity contribution is 0.238. The van der Waals surface area contributed by atoms with E-state index in [-0.39, 0.29) is 11.8 Å². The standard InChI is InChI=1S/C21H23FN4O2/c1-26-13-12-23-20(26)19(17-8-3-4-9-18(17)28-2)25-21(27)24-11-10-15-6-5-7-16(22)14-15/h3-9,12-14,19H,10-11H2,1-2H3,(H2,24,25,27). The van der Waals surface area contributed by atoms with Gasteiger partial charge >= 0.3 is 6.03 Å². The monoisotopic (exact) mass is 382 g/mol. The lowest BCUT2D eigenvalue weighted by Crippen LogP contribution is -2.40. The van der Waals surface area contributed by atoms with E-state index in [1.54, 1.807) is 19.4 Å². The Hall–Kier alpha value is -3.35. The number of benzene rings is 2. The van der Waals surface area contributed by atoms with Gasteiger partial charge in [0.05, 0.1) is 7.11 Å². The summed E-state index contributed by atoms with van der Waals surface area (Å²) in [5, 5.41) is 5.78. The molecule has 3 aromatic rings. The van der Waals surface area contributed by atoms with Crippen molar-refractivity contribution in [3.8, 4) is 5.75 Å². The second-order valence-electron chi connectivity index (χ2n) is 6.35. The number of amides is 2. The fourth-order valence-corrected chi connectivity index (χ4v) is 3.04. The molecule has 7 heteroatoms. The SMILES string of the molecule is COc1ccccc1C(NC(=O)NCCc1cccc(F)c1)c1nccn1C. The summed E-state index contributed by atoms with van der Waals surface area (Å²) in [7, 11) is 3.46. The van der Waals surface area contributed by atoms with Gasteiger partial charge in [0, 0.05) is 31.5 Å². The van der Waals surface area contributed by atoms with E-state index >= 15 is 0 Å². The Morgan fingerprint density at radius 1 is 1.25 bits per heavy atom. The van der Waals surface area contributed by atoms with E-state index in [9.17, 15) is 9.18 Å². The molecule has 1 atom stereocenters. The molecule has 0 aliphatic heterocycles. The Morgan fingerprint density at radius 2 is 2.07 bits per heavy atom. The summed E-state index contributed by atoms with van der Waals surface area (Å²) in [5.74, 6) is 1.06. The lowest BCUT2D eigenvalue weighted by atomic mass is 10.0. The van der Waals surface area contributed by atoms with E-state index in [4.69, 9.17) is 4.74 Å². The van der Waals surface area contributed by atoms with Crippen LogP contribution in [0.15, 0.2) is 60.9 Å².